The van der Waals surface area contributed by atoms with E-state index < -0.39 is 0 Å². The van der Waals surface area contributed by atoms with Crippen LogP contribution >= 0.6 is 27.0 Å². The van der Waals surface area contributed by atoms with E-state index in [1.165, 1.54) is 44.7 Å². The summed E-state index contributed by atoms with van der Waals surface area (Å²) in [4.78, 5) is 2.26. The number of hydrogen-bond acceptors (Lipinski definition) is 1. The number of hydrogen-bond donors (Lipinski definition) is 0. The minimum atomic E-state index is -0.106. The maximum absolute atomic E-state index is 4.81. The second-order valence-corrected chi connectivity index (χ2v) is 12.3. The first-order valence-electron chi connectivity index (χ1n) is 9.07. The molecule has 1 nitrogen and oxygen atoms in total. The molecule has 0 bridgehead atoms. The molecule has 0 unspecified atom stereocenters. The number of halogens is 2. The molecule has 0 aromatic heterocycles. The van der Waals surface area contributed by atoms with Gasteiger partial charge >= 0.3 is 35.0 Å². The summed E-state index contributed by atoms with van der Waals surface area (Å²) in [5, 5.41) is 0. The molecule has 2 saturated carbocycles. The van der Waals surface area contributed by atoms with E-state index in [0.29, 0.717) is 0 Å². The topological polar surface area (TPSA) is 3.24 Å². The Morgan fingerprint density at radius 1 is 0.870 bits per heavy atom. The Kier molecular flexibility index (Phi) is 14.2. The van der Waals surface area contributed by atoms with Crippen molar-refractivity contribution >= 4 is 27.0 Å². The quantitative estimate of drug-likeness (QED) is 0.238. The molecule has 2 fully saturated rings. The van der Waals surface area contributed by atoms with Crippen molar-refractivity contribution in [3.63, 3.8) is 0 Å². The van der Waals surface area contributed by atoms with Crippen LogP contribution in [0.4, 0.5) is 0 Å². The van der Waals surface area contributed by atoms with Crippen molar-refractivity contribution < 1.29 is 15.9 Å². The summed E-state index contributed by atoms with van der Waals surface area (Å²) < 4.78 is 0. The van der Waals surface area contributed by atoms with E-state index in [1.807, 2.05) is 0 Å². The van der Waals surface area contributed by atoms with Gasteiger partial charge < -0.3 is 4.90 Å². The van der Waals surface area contributed by atoms with Gasteiger partial charge in [0, 0.05) is 6.54 Å². The van der Waals surface area contributed by atoms with E-state index in [0.717, 1.165) is 17.9 Å². The minimum absolute atomic E-state index is 0.106. The number of likely N-dealkylation sites (N-methyl/N-ethyl adjacent to an activating group) is 1. The molecule has 0 aromatic rings. The van der Waals surface area contributed by atoms with Gasteiger partial charge in [0.05, 0.1) is 0 Å². The summed E-state index contributed by atoms with van der Waals surface area (Å²) in [5.74, 6) is 0. The van der Waals surface area contributed by atoms with Crippen LogP contribution in [0.2, 0.25) is 0 Å². The van der Waals surface area contributed by atoms with Gasteiger partial charge in [-0.2, -0.15) is 0 Å². The van der Waals surface area contributed by atoms with Gasteiger partial charge in [0.15, 0.2) is 0 Å². The average Bonchev–Trinajstić information content (AvgIpc) is 2.57. The zero-order valence-electron chi connectivity index (χ0n) is 14.8. The van der Waals surface area contributed by atoms with Crippen molar-refractivity contribution in [3.05, 3.63) is 12.2 Å². The van der Waals surface area contributed by atoms with E-state index >= 15 is 0 Å². The predicted molar refractivity (Wildman–Crippen MR) is 105 cm³/mol. The fourth-order valence-electron chi connectivity index (χ4n) is 3.90. The Hall–Kier alpha value is 1.37. The van der Waals surface area contributed by atoms with Crippen molar-refractivity contribution in [1.29, 1.82) is 0 Å². The third-order valence-corrected chi connectivity index (χ3v) is 8.58. The third kappa shape index (κ3) is 10.2. The summed E-state index contributed by atoms with van der Waals surface area (Å²) in [6.45, 7) is 1.11. The van der Waals surface area contributed by atoms with Crippen LogP contribution in [0.15, 0.2) is 12.2 Å². The summed E-state index contributed by atoms with van der Waals surface area (Å²) in [6, 6.07) is 0. The van der Waals surface area contributed by atoms with E-state index in [1.54, 1.807) is 25.7 Å². The molecule has 2 rings (SSSR count). The Labute approximate surface area is 161 Å². The van der Waals surface area contributed by atoms with Crippen molar-refractivity contribution in [2.45, 2.75) is 75.5 Å². The molecule has 0 N–H and O–H groups in total. The van der Waals surface area contributed by atoms with E-state index in [9.17, 15) is 0 Å². The van der Waals surface area contributed by atoms with Gasteiger partial charge in [-0.25, -0.2) is 0 Å². The van der Waals surface area contributed by atoms with Crippen LogP contribution in [0.5, 0.6) is 0 Å². The molecule has 2 aliphatic carbocycles. The number of allylic oxidation sites excluding steroid dienone is 1. The van der Waals surface area contributed by atoms with Gasteiger partial charge in [-0.15, -0.1) is 0 Å². The van der Waals surface area contributed by atoms with Crippen LogP contribution in [0.25, 0.3) is 0 Å². The average molecular weight is 473 g/mol. The van der Waals surface area contributed by atoms with Crippen LogP contribution < -0.4 is 0 Å². The fourth-order valence-corrected chi connectivity index (χ4v) is 7.55. The predicted octanol–water partition coefficient (Wildman–Crippen LogP) is 6.63. The van der Waals surface area contributed by atoms with Crippen LogP contribution in [-0.2, 0) is 15.9 Å². The van der Waals surface area contributed by atoms with Gasteiger partial charge in [-0.3, -0.25) is 0 Å². The van der Waals surface area contributed by atoms with Crippen LogP contribution in [0.1, 0.15) is 64.2 Å². The van der Waals surface area contributed by atoms with Crippen LogP contribution in [0, 0.1) is 0 Å². The molecular weight excluding hydrogens is 439 g/mol. The van der Waals surface area contributed by atoms with E-state index in [4.69, 9.17) is 19.1 Å². The molecule has 5 heteroatoms. The van der Waals surface area contributed by atoms with Crippen LogP contribution in [0.3, 0.4) is 0 Å². The zero-order chi connectivity index (χ0) is 16.9. The molecule has 0 heterocycles. The molecule has 23 heavy (non-hydrogen) atoms. The van der Waals surface area contributed by atoms with Gasteiger partial charge in [0.25, 0.3) is 0 Å². The molecule has 0 saturated heterocycles. The third-order valence-electron chi connectivity index (χ3n) is 5.04. The van der Waals surface area contributed by atoms with E-state index in [2.05, 4.69) is 31.1 Å². The Morgan fingerprint density at radius 3 is 1.70 bits per heavy atom. The zero-order valence-corrected chi connectivity index (χ0v) is 18.7. The molecule has 0 radical (unpaired) electrons. The molecule has 0 amide bonds. The first-order chi connectivity index (χ1) is 11.2. The maximum atomic E-state index is 4.81. The first-order valence-corrected chi connectivity index (χ1v) is 14.7. The van der Waals surface area contributed by atoms with Gasteiger partial charge in [0.2, 0.25) is 0 Å². The van der Waals surface area contributed by atoms with Gasteiger partial charge in [-0.1, -0.05) is 58.6 Å². The fraction of sp³-hybridized carbons (Fsp3) is 0.889. The van der Waals surface area contributed by atoms with Crippen molar-refractivity contribution in [2.24, 2.45) is 0 Å². The van der Waals surface area contributed by atoms with Gasteiger partial charge in [0.1, 0.15) is 0 Å². The molecule has 0 spiro atoms. The Morgan fingerprint density at radius 2 is 1.30 bits per heavy atom. The molecule has 0 aromatic carbocycles. The molecule has 0 atom stereocenters. The normalized spacial score (nSPS) is 21.1. The summed E-state index contributed by atoms with van der Waals surface area (Å²) in [7, 11) is 14.2. The SMILES string of the molecule is CN(C)CC=CCP(C1CCCCC1)C1CCCCC1.[Cl][Pd][Cl]. The Bertz CT molecular complexity index is 285. The van der Waals surface area contributed by atoms with E-state index in [-0.39, 0.29) is 23.9 Å². The molecular formula is C18H34Cl2NPPd. The molecule has 0 aliphatic heterocycles. The monoisotopic (exact) mass is 471 g/mol. The second kappa shape index (κ2) is 14.5. The summed E-state index contributed by atoms with van der Waals surface area (Å²) in [6.07, 6.45) is 21.6. The second-order valence-electron chi connectivity index (χ2n) is 7.06. The number of rotatable bonds is 6. The first kappa shape index (κ1) is 22.4. The summed E-state index contributed by atoms with van der Waals surface area (Å²) in [5.41, 5.74) is 2.21. The molecule has 2 aliphatic rings. The van der Waals surface area contributed by atoms with Crippen molar-refractivity contribution in [2.75, 3.05) is 26.8 Å². The van der Waals surface area contributed by atoms with Gasteiger partial charge in [-0.05, 0) is 57.3 Å². The van der Waals surface area contributed by atoms with Crippen LogP contribution in [-0.4, -0.2) is 43.0 Å². The molecule has 140 valence electrons. The summed E-state index contributed by atoms with van der Waals surface area (Å²) >= 11 is -0.106. The van der Waals surface area contributed by atoms with Crippen molar-refractivity contribution in [1.82, 2.24) is 4.90 Å². The number of nitrogens with zero attached hydrogens (tertiary/aromatic N) is 1. The standard InChI is InChI=1S/C18H34NP.2ClH.Pd/c1-19(2)15-9-10-16-20(17-11-5-3-6-12-17)18-13-7-4-8-14-18;;;/h9-10,17-18H,3-8,11-16H2,1-2H3;2*1H;/q;;;+2/p-2. The Balaban J connectivity index is 0.000000816. The van der Waals surface area contributed by atoms with Crippen molar-refractivity contribution in [3.8, 4) is 0 Å².